The number of primary sulfonamides is 1. The summed E-state index contributed by atoms with van der Waals surface area (Å²) in [6, 6.07) is 0.565. The van der Waals surface area contributed by atoms with Gasteiger partial charge in [0.1, 0.15) is 0 Å². The first-order valence-electron chi connectivity index (χ1n) is 8.32. The van der Waals surface area contributed by atoms with Crippen LogP contribution in [0.2, 0.25) is 0 Å². The molecule has 1 aliphatic rings. The van der Waals surface area contributed by atoms with Crippen LogP contribution in [0.3, 0.4) is 0 Å². The Bertz CT molecular complexity index is 319. The minimum Gasteiger partial charge on any atom is -0.314 e. The van der Waals surface area contributed by atoms with E-state index < -0.39 is 10.0 Å². The van der Waals surface area contributed by atoms with E-state index in [4.69, 9.17) is 5.14 Å². The average molecular weight is 305 g/mol. The lowest BCUT2D eigenvalue weighted by molar-refractivity contribution is 0.404. The average Bonchev–Trinajstić information content (AvgIpc) is 2.36. The van der Waals surface area contributed by atoms with Crippen molar-refractivity contribution in [3.8, 4) is 0 Å². The van der Waals surface area contributed by atoms with Gasteiger partial charge in [-0.25, -0.2) is 13.6 Å². The maximum absolute atomic E-state index is 10.9. The lowest BCUT2D eigenvalue weighted by atomic mass is 9.98. The Hall–Kier alpha value is -0.130. The standard InChI is InChI=1S/C15H32N2O2S/c16-20(18,19)14-10-13-17-15-11-8-6-4-2-1-3-5-7-9-12-15/h15,17H,1-14H2,(H2,16,18,19). The van der Waals surface area contributed by atoms with Crippen LogP contribution in [0.1, 0.15) is 77.0 Å². The van der Waals surface area contributed by atoms with E-state index >= 15 is 0 Å². The fraction of sp³-hybridized carbons (Fsp3) is 1.00. The van der Waals surface area contributed by atoms with Gasteiger partial charge in [-0.15, -0.1) is 0 Å². The van der Waals surface area contributed by atoms with Crippen LogP contribution in [0.4, 0.5) is 0 Å². The number of rotatable bonds is 5. The Morgan fingerprint density at radius 3 is 1.75 bits per heavy atom. The SMILES string of the molecule is NS(=O)(=O)CCCNC1CCCCCCCCCCC1. The van der Waals surface area contributed by atoms with Crippen LogP contribution in [-0.4, -0.2) is 26.8 Å². The van der Waals surface area contributed by atoms with Gasteiger partial charge in [0.05, 0.1) is 5.75 Å². The van der Waals surface area contributed by atoms with Gasteiger partial charge in [0.15, 0.2) is 0 Å². The highest BCUT2D eigenvalue weighted by Crippen LogP contribution is 2.16. The van der Waals surface area contributed by atoms with Crippen molar-refractivity contribution in [3.05, 3.63) is 0 Å². The molecule has 5 heteroatoms. The van der Waals surface area contributed by atoms with Gasteiger partial charge in [-0.05, 0) is 25.8 Å². The second kappa shape index (κ2) is 10.6. The summed E-state index contributed by atoms with van der Waals surface area (Å²) in [5.41, 5.74) is 0. The second-order valence-corrected chi connectivity index (χ2v) is 7.86. The number of nitrogens with two attached hydrogens (primary N) is 1. The number of nitrogens with one attached hydrogen (secondary N) is 1. The van der Waals surface area contributed by atoms with E-state index in [-0.39, 0.29) is 5.75 Å². The van der Waals surface area contributed by atoms with Gasteiger partial charge in [-0.2, -0.15) is 0 Å². The molecule has 0 radical (unpaired) electrons. The molecule has 0 aromatic carbocycles. The molecule has 1 rings (SSSR count). The molecular formula is C15H32N2O2S. The molecule has 0 heterocycles. The Balaban J connectivity index is 2.21. The summed E-state index contributed by atoms with van der Waals surface area (Å²) >= 11 is 0. The van der Waals surface area contributed by atoms with Crippen molar-refractivity contribution in [2.24, 2.45) is 5.14 Å². The molecule has 1 fully saturated rings. The summed E-state index contributed by atoms with van der Waals surface area (Å²) < 4.78 is 21.8. The van der Waals surface area contributed by atoms with Crippen LogP contribution in [-0.2, 0) is 10.0 Å². The summed E-state index contributed by atoms with van der Waals surface area (Å²) in [7, 11) is -3.30. The van der Waals surface area contributed by atoms with Crippen molar-refractivity contribution in [1.29, 1.82) is 0 Å². The van der Waals surface area contributed by atoms with Gasteiger partial charge in [-0.1, -0.05) is 57.8 Å². The van der Waals surface area contributed by atoms with E-state index in [1.54, 1.807) is 0 Å². The molecule has 0 bridgehead atoms. The monoisotopic (exact) mass is 304 g/mol. The lowest BCUT2D eigenvalue weighted by Gasteiger charge is -2.19. The highest BCUT2D eigenvalue weighted by molar-refractivity contribution is 7.89. The number of hydrogen-bond donors (Lipinski definition) is 2. The van der Waals surface area contributed by atoms with E-state index in [0.717, 1.165) is 6.54 Å². The van der Waals surface area contributed by atoms with Crippen molar-refractivity contribution < 1.29 is 8.42 Å². The van der Waals surface area contributed by atoms with Crippen molar-refractivity contribution in [2.45, 2.75) is 83.1 Å². The zero-order valence-corrected chi connectivity index (χ0v) is 13.6. The molecule has 0 aromatic rings. The largest absolute Gasteiger partial charge is 0.314 e. The van der Waals surface area contributed by atoms with Gasteiger partial charge in [-0.3, -0.25) is 0 Å². The first-order chi connectivity index (χ1) is 9.58. The van der Waals surface area contributed by atoms with Gasteiger partial charge >= 0.3 is 0 Å². The number of hydrogen-bond acceptors (Lipinski definition) is 3. The molecule has 0 saturated heterocycles. The van der Waals surface area contributed by atoms with Gasteiger partial charge < -0.3 is 5.32 Å². The third kappa shape index (κ3) is 10.6. The smallest absolute Gasteiger partial charge is 0.209 e. The van der Waals surface area contributed by atoms with Crippen LogP contribution in [0.5, 0.6) is 0 Å². The van der Waals surface area contributed by atoms with Crippen LogP contribution in [0.25, 0.3) is 0 Å². The lowest BCUT2D eigenvalue weighted by Crippen LogP contribution is -2.31. The maximum Gasteiger partial charge on any atom is 0.209 e. The van der Waals surface area contributed by atoms with E-state index in [1.807, 2.05) is 0 Å². The Morgan fingerprint density at radius 2 is 1.30 bits per heavy atom. The predicted molar refractivity (Wildman–Crippen MR) is 85.2 cm³/mol. The van der Waals surface area contributed by atoms with E-state index in [2.05, 4.69) is 5.32 Å². The summed E-state index contributed by atoms with van der Waals surface area (Å²) in [4.78, 5) is 0. The van der Waals surface area contributed by atoms with E-state index in [0.29, 0.717) is 12.5 Å². The first kappa shape index (κ1) is 17.9. The molecule has 1 saturated carbocycles. The zero-order valence-electron chi connectivity index (χ0n) is 12.8. The normalized spacial score (nSPS) is 21.1. The molecular weight excluding hydrogens is 272 g/mol. The highest BCUT2D eigenvalue weighted by atomic mass is 32.2. The molecule has 0 unspecified atom stereocenters. The zero-order chi connectivity index (χ0) is 14.7. The van der Waals surface area contributed by atoms with Crippen molar-refractivity contribution >= 4 is 10.0 Å². The third-order valence-corrected chi connectivity index (χ3v) is 5.00. The summed E-state index contributed by atoms with van der Waals surface area (Å²) in [6.45, 7) is 0.765. The Labute approximate surface area is 124 Å². The molecule has 120 valence electrons. The predicted octanol–water partition coefficient (Wildman–Crippen LogP) is 2.93. The molecule has 0 aliphatic heterocycles. The van der Waals surface area contributed by atoms with Crippen LogP contribution < -0.4 is 10.5 Å². The fourth-order valence-corrected chi connectivity index (χ4v) is 3.49. The second-order valence-electron chi connectivity index (χ2n) is 6.13. The quantitative estimate of drug-likeness (QED) is 0.767. The maximum atomic E-state index is 10.9. The van der Waals surface area contributed by atoms with Crippen LogP contribution in [0.15, 0.2) is 0 Å². The molecule has 0 spiro atoms. The topological polar surface area (TPSA) is 72.2 Å². The Morgan fingerprint density at radius 1 is 0.850 bits per heavy atom. The van der Waals surface area contributed by atoms with Gasteiger partial charge in [0.25, 0.3) is 0 Å². The molecule has 20 heavy (non-hydrogen) atoms. The van der Waals surface area contributed by atoms with Crippen molar-refractivity contribution in [1.82, 2.24) is 5.32 Å². The fourth-order valence-electron chi connectivity index (χ4n) is 2.95. The van der Waals surface area contributed by atoms with Gasteiger partial charge in [0.2, 0.25) is 10.0 Å². The first-order valence-corrected chi connectivity index (χ1v) is 10.0. The van der Waals surface area contributed by atoms with Crippen molar-refractivity contribution in [3.63, 3.8) is 0 Å². The van der Waals surface area contributed by atoms with Crippen LogP contribution in [0, 0.1) is 0 Å². The third-order valence-electron chi connectivity index (χ3n) is 4.14. The van der Waals surface area contributed by atoms with E-state index in [1.165, 1.54) is 70.6 Å². The van der Waals surface area contributed by atoms with Crippen molar-refractivity contribution in [2.75, 3.05) is 12.3 Å². The van der Waals surface area contributed by atoms with Gasteiger partial charge in [0, 0.05) is 6.04 Å². The molecule has 3 N–H and O–H groups in total. The molecule has 0 amide bonds. The number of sulfonamides is 1. The summed E-state index contributed by atoms with van der Waals surface area (Å²) in [5, 5.41) is 8.54. The minimum atomic E-state index is -3.30. The molecule has 1 aliphatic carbocycles. The minimum absolute atomic E-state index is 0.0900. The molecule has 0 aromatic heterocycles. The van der Waals surface area contributed by atoms with E-state index in [9.17, 15) is 8.42 Å². The van der Waals surface area contributed by atoms with Crippen LogP contribution >= 0.6 is 0 Å². The Kier molecular flexibility index (Phi) is 9.48. The summed E-state index contributed by atoms with van der Waals surface area (Å²) in [5.74, 6) is 0.0900. The summed E-state index contributed by atoms with van der Waals surface area (Å²) in [6.07, 6.45) is 15.3. The molecule has 0 atom stereocenters. The highest BCUT2D eigenvalue weighted by Gasteiger charge is 2.09. The molecule has 4 nitrogen and oxygen atoms in total.